The fourth-order valence-electron chi connectivity index (χ4n) is 7.38. The van der Waals surface area contributed by atoms with Gasteiger partial charge in [0.05, 0.1) is 36.2 Å². The monoisotopic (exact) mass is 599 g/mol. The molecule has 0 amide bonds. The number of rotatable bonds is 3. The van der Waals surface area contributed by atoms with Crippen LogP contribution in [0.2, 0.25) is 0 Å². The Morgan fingerprint density at radius 3 is 2.26 bits per heavy atom. The average molecular weight is 600 g/mol. The first-order valence-electron chi connectivity index (χ1n) is 16.0. The molecule has 0 radical (unpaired) electrons. The molecule has 2 spiro atoms. The summed E-state index contributed by atoms with van der Waals surface area (Å²) in [5, 5.41) is 11.6. The third kappa shape index (κ3) is 5.81. The van der Waals surface area contributed by atoms with Gasteiger partial charge in [-0.05, 0) is 72.3 Å². The summed E-state index contributed by atoms with van der Waals surface area (Å²) in [6.45, 7) is 8.80. The normalized spacial score (nSPS) is 25.4. The van der Waals surface area contributed by atoms with Crippen LogP contribution in [-0.2, 0) is 32.4 Å². The molecule has 2 fully saturated rings. The first kappa shape index (κ1) is 30.8. The van der Waals surface area contributed by atoms with E-state index in [2.05, 4.69) is 26.8 Å². The summed E-state index contributed by atoms with van der Waals surface area (Å²) in [5.74, 6) is 0.884. The maximum absolute atomic E-state index is 13.4. The maximum Gasteiger partial charge on any atom is 0.416 e. The van der Waals surface area contributed by atoms with Crippen LogP contribution in [0.3, 0.4) is 0 Å². The number of ether oxygens (including phenoxy) is 3. The van der Waals surface area contributed by atoms with Crippen LogP contribution in [0, 0.1) is 11.3 Å². The zero-order valence-electron chi connectivity index (χ0n) is 25.6. The third-order valence-corrected chi connectivity index (χ3v) is 10.3. The minimum absolute atomic E-state index is 0.115. The zero-order valence-corrected chi connectivity index (χ0v) is 25.6. The molecule has 2 atom stereocenters. The third-order valence-electron chi connectivity index (χ3n) is 10.3. The number of benzene rings is 1. The highest BCUT2D eigenvalue weighted by Gasteiger charge is 2.54. The van der Waals surface area contributed by atoms with Crippen LogP contribution < -0.4 is 0 Å². The summed E-state index contributed by atoms with van der Waals surface area (Å²) in [7, 11) is 0. The first-order chi connectivity index (χ1) is 20.6. The first-order valence-corrected chi connectivity index (χ1v) is 16.0. The van der Waals surface area contributed by atoms with Crippen LogP contribution in [0.1, 0.15) is 124 Å². The SMILES string of the molecule is CCC(C)C.OC1CC2(CCC2)Cc2nc(C3=CCOCC3)c3c(c21)C1(CCOCC1)OC3c1ccc(C(F)(F)F)cc1. The van der Waals surface area contributed by atoms with Crippen molar-refractivity contribution in [2.24, 2.45) is 11.3 Å². The molecule has 5 nitrogen and oxygen atoms in total. The zero-order chi connectivity index (χ0) is 30.4. The van der Waals surface area contributed by atoms with Gasteiger partial charge in [-0.3, -0.25) is 4.98 Å². The highest BCUT2D eigenvalue weighted by Crippen LogP contribution is 2.60. The van der Waals surface area contributed by atoms with Gasteiger partial charge in [-0.2, -0.15) is 13.2 Å². The van der Waals surface area contributed by atoms with E-state index in [-0.39, 0.29) is 5.41 Å². The average Bonchev–Trinajstić information content (AvgIpc) is 3.30. The van der Waals surface area contributed by atoms with E-state index in [1.807, 2.05) is 0 Å². The number of fused-ring (bicyclic) bond motifs is 4. The Balaban J connectivity index is 0.000000611. The van der Waals surface area contributed by atoms with E-state index in [1.165, 1.54) is 25.0 Å². The van der Waals surface area contributed by atoms with Crippen molar-refractivity contribution in [3.63, 3.8) is 0 Å². The number of pyridine rings is 1. The highest BCUT2D eigenvalue weighted by molar-refractivity contribution is 5.71. The number of aromatic nitrogens is 1. The topological polar surface area (TPSA) is 60.8 Å². The molecule has 4 heterocycles. The molecule has 5 aliphatic rings. The largest absolute Gasteiger partial charge is 0.416 e. The van der Waals surface area contributed by atoms with E-state index < -0.39 is 29.5 Å². The van der Waals surface area contributed by atoms with Crippen molar-refractivity contribution in [3.05, 3.63) is 69.5 Å². The number of hydrogen-bond acceptors (Lipinski definition) is 5. The van der Waals surface area contributed by atoms with E-state index in [0.717, 1.165) is 77.4 Å². The minimum atomic E-state index is -4.41. The van der Waals surface area contributed by atoms with E-state index in [1.54, 1.807) is 0 Å². The molecule has 1 saturated heterocycles. The summed E-state index contributed by atoms with van der Waals surface area (Å²) in [6, 6.07) is 5.30. The second kappa shape index (κ2) is 11.9. The van der Waals surface area contributed by atoms with Crippen molar-refractivity contribution in [1.29, 1.82) is 0 Å². The van der Waals surface area contributed by atoms with Gasteiger partial charge in [0.25, 0.3) is 0 Å². The molecule has 1 N–H and O–H groups in total. The Morgan fingerprint density at radius 2 is 1.70 bits per heavy atom. The lowest BCUT2D eigenvalue weighted by Crippen LogP contribution is -2.40. The lowest BCUT2D eigenvalue weighted by atomic mass is 9.58. The van der Waals surface area contributed by atoms with Gasteiger partial charge >= 0.3 is 6.18 Å². The van der Waals surface area contributed by atoms with Gasteiger partial charge < -0.3 is 19.3 Å². The standard InChI is InChI=1S/C30H32F3NO4.C5H12/c31-30(32,33)20-4-2-19(3-5-20)27-24-25(29(38-27)10-14-37-15-11-29)23-21(16-28(8-1-9-28)17-22(23)35)34-26(24)18-6-12-36-13-7-18;1-4-5(2)3/h2-6,22,27,35H,1,7-17H2;5H,4H2,1-3H3. The molecule has 0 bridgehead atoms. The van der Waals surface area contributed by atoms with Crippen molar-refractivity contribution in [2.75, 3.05) is 26.4 Å². The Labute approximate surface area is 252 Å². The van der Waals surface area contributed by atoms with E-state index in [0.29, 0.717) is 51.3 Å². The molecule has 7 rings (SSSR count). The number of hydrogen-bond donors (Lipinski definition) is 1. The van der Waals surface area contributed by atoms with Crippen molar-refractivity contribution < 1.29 is 32.5 Å². The lowest BCUT2D eigenvalue weighted by Gasteiger charge is -2.48. The smallest absolute Gasteiger partial charge is 0.388 e. The van der Waals surface area contributed by atoms with Crippen LogP contribution in [0.25, 0.3) is 5.57 Å². The predicted molar refractivity (Wildman–Crippen MR) is 158 cm³/mol. The van der Waals surface area contributed by atoms with Crippen molar-refractivity contribution in [1.82, 2.24) is 4.98 Å². The van der Waals surface area contributed by atoms with Gasteiger partial charge in [-0.1, -0.05) is 51.8 Å². The van der Waals surface area contributed by atoms with Gasteiger partial charge in [-0.15, -0.1) is 0 Å². The van der Waals surface area contributed by atoms with Crippen LogP contribution in [0.15, 0.2) is 30.3 Å². The molecule has 1 saturated carbocycles. The number of nitrogens with zero attached hydrogens (tertiary/aromatic N) is 1. The summed E-state index contributed by atoms with van der Waals surface area (Å²) in [6.07, 6.45) is 4.70. The van der Waals surface area contributed by atoms with Crippen molar-refractivity contribution in [2.45, 2.75) is 103 Å². The van der Waals surface area contributed by atoms with Crippen molar-refractivity contribution in [3.8, 4) is 0 Å². The predicted octanol–water partition coefficient (Wildman–Crippen LogP) is 8.23. The second-order valence-corrected chi connectivity index (χ2v) is 13.4. The highest BCUT2D eigenvalue weighted by atomic mass is 19.4. The Hall–Kier alpha value is -2.26. The molecule has 2 unspecified atom stereocenters. The number of halogens is 3. The van der Waals surface area contributed by atoms with Crippen molar-refractivity contribution >= 4 is 5.57 Å². The molecule has 8 heteroatoms. The summed E-state index contributed by atoms with van der Waals surface area (Å²) < 4.78 is 58.3. The molecular formula is C35H44F3NO4. The fraction of sp³-hybridized carbons (Fsp3) is 0.629. The molecular weight excluding hydrogens is 555 g/mol. The molecule has 43 heavy (non-hydrogen) atoms. The van der Waals surface area contributed by atoms with Gasteiger partial charge in [0.1, 0.15) is 6.10 Å². The van der Waals surface area contributed by atoms with Crippen LogP contribution in [0.4, 0.5) is 13.2 Å². The molecule has 3 aliphatic heterocycles. The molecule has 2 aliphatic carbocycles. The van der Waals surface area contributed by atoms with E-state index in [4.69, 9.17) is 19.2 Å². The molecule has 234 valence electrons. The molecule has 2 aromatic rings. The van der Waals surface area contributed by atoms with E-state index >= 15 is 0 Å². The minimum Gasteiger partial charge on any atom is -0.388 e. The summed E-state index contributed by atoms with van der Waals surface area (Å²) in [4.78, 5) is 5.27. The molecule has 1 aromatic heterocycles. The van der Waals surface area contributed by atoms with Gasteiger partial charge in [0.2, 0.25) is 0 Å². The Bertz CT molecular complexity index is 1340. The summed E-state index contributed by atoms with van der Waals surface area (Å²) in [5.41, 5.74) is 5.15. The summed E-state index contributed by atoms with van der Waals surface area (Å²) >= 11 is 0. The number of alkyl halides is 3. The second-order valence-electron chi connectivity index (χ2n) is 13.4. The van der Waals surface area contributed by atoms with Crippen LogP contribution in [-0.4, -0.2) is 36.5 Å². The van der Waals surface area contributed by atoms with Gasteiger partial charge in [0, 0.05) is 42.9 Å². The Kier molecular flexibility index (Phi) is 8.52. The van der Waals surface area contributed by atoms with Gasteiger partial charge in [-0.25, -0.2) is 0 Å². The number of aliphatic hydroxyl groups excluding tert-OH is 1. The van der Waals surface area contributed by atoms with Crippen LogP contribution in [0.5, 0.6) is 0 Å². The maximum atomic E-state index is 13.4. The lowest BCUT2D eigenvalue weighted by molar-refractivity contribution is -0.137. The fourth-order valence-corrected chi connectivity index (χ4v) is 7.38. The molecule has 1 aromatic carbocycles. The quantitative estimate of drug-likeness (QED) is 0.385. The van der Waals surface area contributed by atoms with Crippen LogP contribution >= 0.6 is 0 Å². The Morgan fingerprint density at radius 1 is 1.00 bits per heavy atom. The number of aliphatic hydroxyl groups is 1. The van der Waals surface area contributed by atoms with E-state index in [9.17, 15) is 18.3 Å². The van der Waals surface area contributed by atoms with Gasteiger partial charge in [0.15, 0.2) is 0 Å².